The number of nitrogen functional groups attached to an aromatic ring is 1. The first kappa shape index (κ1) is 14.0. The van der Waals surface area contributed by atoms with Crippen LogP contribution in [0.3, 0.4) is 0 Å². The predicted molar refractivity (Wildman–Crippen MR) is 74.1 cm³/mol. The van der Waals surface area contributed by atoms with Crippen molar-refractivity contribution >= 4 is 17.2 Å². The number of anilines is 3. The third-order valence-electron chi connectivity index (χ3n) is 2.52. The van der Waals surface area contributed by atoms with Crippen LogP contribution in [0.2, 0.25) is 0 Å². The third-order valence-corrected chi connectivity index (χ3v) is 2.52. The molecule has 0 amide bonds. The van der Waals surface area contributed by atoms with Gasteiger partial charge in [-0.1, -0.05) is 6.92 Å². The van der Waals surface area contributed by atoms with Crippen LogP contribution in [-0.4, -0.2) is 11.6 Å². The first-order chi connectivity index (χ1) is 9.60. The van der Waals surface area contributed by atoms with Gasteiger partial charge < -0.3 is 15.8 Å². The predicted octanol–water partition coefficient (Wildman–Crippen LogP) is 3.47. The van der Waals surface area contributed by atoms with Crippen molar-refractivity contribution in [3.05, 3.63) is 42.0 Å². The van der Waals surface area contributed by atoms with Crippen molar-refractivity contribution < 1.29 is 13.5 Å². The summed E-state index contributed by atoms with van der Waals surface area (Å²) in [5, 5.41) is 2.86. The lowest BCUT2D eigenvalue weighted by molar-refractivity contribution is 0.307. The van der Waals surface area contributed by atoms with Crippen molar-refractivity contribution in [2.24, 2.45) is 0 Å². The van der Waals surface area contributed by atoms with Gasteiger partial charge in [0, 0.05) is 11.8 Å². The number of nitrogens with two attached hydrogens (primary N) is 1. The van der Waals surface area contributed by atoms with Crippen LogP contribution in [0.5, 0.6) is 5.88 Å². The van der Waals surface area contributed by atoms with E-state index in [1.165, 1.54) is 6.07 Å². The molecule has 20 heavy (non-hydrogen) atoms. The summed E-state index contributed by atoms with van der Waals surface area (Å²) in [5.41, 5.74) is 6.56. The van der Waals surface area contributed by atoms with Crippen LogP contribution in [0, 0.1) is 11.6 Å². The summed E-state index contributed by atoms with van der Waals surface area (Å²) in [5.74, 6) is -1.06. The second-order valence-electron chi connectivity index (χ2n) is 4.19. The summed E-state index contributed by atoms with van der Waals surface area (Å²) >= 11 is 0. The molecule has 0 atom stereocenters. The Hall–Kier alpha value is -2.37. The molecule has 3 N–H and O–H groups in total. The van der Waals surface area contributed by atoms with Crippen molar-refractivity contribution in [1.29, 1.82) is 0 Å². The van der Waals surface area contributed by atoms with Crippen molar-refractivity contribution in [3.63, 3.8) is 0 Å². The van der Waals surface area contributed by atoms with Gasteiger partial charge in [-0.2, -0.15) is 4.98 Å². The van der Waals surface area contributed by atoms with Gasteiger partial charge in [0.05, 0.1) is 12.3 Å². The van der Waals surface area contributed by atoms with Crippen molar-refractivity contribution in [3.8, 4) is 5.88 Å². The summed E-state index contributed by atoms with van der Waals surface area (Å²) in [6, 6.07) is 6.79. The molecule has 1 aromatic carbocycles. The molecular formula is C14H15F2N3O. The van der Waals surface area contributed by atoms with Gasteiger partial charge in [-0.05, 0) is 30.7 Å². The number of halogens is 2. The number of rotatable bonds is 5. The molecule has 0 unspecified atom stereocenters. The number of hydrogen-bond acceptors (Lipinski definition) is 4. The molecule has 2 aromatic rings. The highest BCUT2D eigenvalue weighted by atomic mass is 19.2. The van der Waals surface area contributed by atoms with Gasteiger partial charge in [-0.3, -0.25) is 0 Å². The van der Waals surface area contributed by atoms with Crippen molar-refractivity contribution in [2.45, 2.75) is 13.3 Å². The molecule has 4 nitrogen and oxygen atoms in total. The maximum absolute atomic E-state index is 13.1. The molecule has 0 saturated carbocycles. The first-order valence-corrected chi connectivity index (χ1v) is 6.21. The Labute approximate surface area is 115 Å². The van der Waals surface area contributed by atoms with Gasteiger partial charge in [-0.25, -0.2) is 8.78 Å². The lowest BCUT2D eigenvalue weighted by Gasteiger charge is -2.10. The average Bonchev–Trinajstić information content (AvgIpc) is 2.43. The molecule has 0 bridgehead atoms. The molecule has 0 fully saturated rings. The molecule has 0 aliphatic carbocycles. The fraction of sp³-hybridized carbons (Fsp3) is 0.214. The molecule has 0 aliphatic rings. The molecule has 0 radical (unpaired) electrons. The first-order valence-electron chi connectivity index (χ1n) is 6.21. The minimum Gasteiger partial charge on any atom is -0.476 e. The molecule has 0 aliphatic heterocycles. The zero-order valence-corrected chi connectivity index (χ0v) is 11.0. The van der Waals surface area contributed by atoms with E-state index in [0.29, 0.717) is 29.7 Å². The van der Waals surface area contributed by atoms with E-state index in [4.69, 9.17) is 10.5 Å². The van der Waals surface area contributed by atoms with Crippen LogP contribution in [0.1, 0.15) is 13.3 Å². The molecule has 0 spiro atoms. The van der Waals surface area contributed by atoms with Crippen LogP contribution in [0.25, 0.3) is 0 Å². The van der Waals surface area contributed by atoms with E-state index < -0.39 is 11.6 Å². The molecule has 1 aromatic heterocycles. The van der Waals surface area contributed by atoms with Crippen molar-refractivity contribution in [1.82, 2.24) is 4.98 Å². The minimum atomic E-state index is -0.923. The van der Waals surface area contributed by atoms with Crippen LogP contribution >= 0.6 is 0 Å². The fourth-order valence-electron chi connectivity index (χ4n) is 1.56. The smallest absolute Gasteiger partial charge is 0.239 e. The highest BCUT2D eigenvalue weighted by Crippen LogP contribution is 2.24. The van der Waals surface area contributed by atoms with Crippen LogP contribution in [-0.2, 0) is 0 Å². The number of pyridine rings is 1. The maximum atomic E-state index is 13.1. The number of aromatic nitrogens is 1. The molecule has 2 rings (SSSR count). The van der Waals surface area contributed by atoms with E-state index in [1.807, 2.05) is 6.92 Å². The van der Waals surface area contributed by atoms with E-state index >= 15 is 0 Å². The standard InChI is InChI=1S/C14H15F2N3O/c1-2-7-20-14-12(17)5-6-13(19-14)18-9-3-4-10(15)11(16)8-9/h3-6,8H,2,7,17H2,1H3,(H,18,19). The zero-order valence-electron chi connectivity index (χ0n) is 11.0. The van der Waals surface area contributed by atoms with Gasteiger partial charge >= 0.3 is 0 Å². The summed E-state index contributed by atoms with van der Waals surface area (Å²) in [4.78, 5) is 4.18. The quantitative estimate of drug-likeness (QED) is 0.879. The average molecular weight is 279 g/mol. The monoisotopic (exact) mass is 279 g/mol. The summed E-state index contributed by atoms with van der Waals surface area (Å²) in [7, 11) is 0. The molecular weight excluding hydrogens is 264 g/mol. The SMILES string of the molecule is CCCOc1nc(Nc2ccc(F)c(F)c2)ccc1N. The fourth-order valence-corrected chi connectivity index (χ4v) is 1.56. The largest absolute Gasteiger partial charge is 0.476 e. The number of nitrogens with one attached hydrogen (secondary N) is 1. The Morgan fingerprint density at radius 1 is 1.20 bits per heavy atom. The Kier molecular flexibility index (Phi) is 4.34. The van der Waals surface area contributed by atoms with Crippen LogP contribution in [0.15, 0.2) is 30.3 Å². The number of hydrogen-bond donors (Lipinski definition) is 2. The van der Waals surface area contributed by atoms with Crippen LogP contribution in [0.4, 0.5) is 26.0 Å². The minimum absolute atomic E-state index is 0.319. The zero-order chi connectivity index (χ0) is 14.5. The van der Waals surface area contributed by atoms with Gasteiger partial charge in [0.1, 0.15) is 5.82 Å². The lowest BCUT2D eigenvalue weighted by atomic mass is 10.3. The number of nitrogens with zero attached hydrogens (tertiary/aromatic N) is 1. The van der Waals surface area contributed by atoms with E-state index in [-0.39, 0.29) is 0 Å². The Morgan fingerprint density at radius 3 is 2.70 bits per heavy atom. The van der Waals surface area contributed by atoms with Crippen LogP contribution < -0.4 is 15.8 Å². The van der Waals surface area contributed by atoms with E-state index in [9.17, 15) is 8.78 Å². The van der Waals surface area contributed by atoms with E-state index in [0.717, 1.165) is 18.6 Å². The Balaban J connectivity index is 2.18. The lowest BCUT2D eigenvalue weighted by Crippen LogP contribution is -2.03. The summed E-state index contributed by atoms with van der Waals surface area (Å²) in [6.07, 6.45) is 0.835. The second-order valence-corrected chi connectivity index (χ2v) is 4.19. The summed E-state index contributed by atoms with van der Waals surface area (Å²) in [6.45, 7) is 2.48. The highest BCUT2D eigenvalue weighted by Gasteiger charge is 2.06. The molecule has 0 saturated heterocycles. The van der Waals surface area contributed by atoms with Gasteiger partial charge in [-0.15, -0.1) is 0 Å². The topological polar surface area (TPSA) is 60.2 Å². The van der Waals surface area contributed by atoms with Gasteiger partial charge in [0.2, 0.25) is 5.88 Å². The maximum Gasteiger partial charge on any atom is 0.239 e. The Morgan fingerprint density at radius 2 is 2.00 bits per heavy atom. The Bertz CT molecular complexity index is 605. The third kappa shape index (κ3) is 3.34. The second kappa shape index (κ2) is 6.18. The summed E-state index contributed by atoms with van der Waals surface area (Å²) < 4.78 is 31.3. The highest BCUT2D eigenvalue weighted by molar-refractivity contribution is 5.60. The van der Waals surface area contributed by atoms with Crippen molar-refractivity contribution in [2.75, 3.05) is 17.7 Å². The normalized spacial score (nSPS) is 10.3. The molecule has 106 valence electrons. The molecule has 1 heterocycles. The molecule has 6 heteroatoms. The van der Waals surface area contributed by atoms with E-state index in [2.05, 4.69) is 10.3 Å². The van der Waals surface area contributed by atoms with E-state index in [1.54, 1.807) is 12.1 Å². The van der Waals surface area contributed by atoms with Gasteiger partial charge in [0.25, 0.3) is 0 Å². The van der Waals surface area contributed by atoms with Gasteiger partial charge in [0.15, 0.2) is 11.6 Å². The number of ether oxygens (including phenoxy) is 1. The number of benzene rings is 1.